The molecule has 0 bridgehead atoms. The quantitative estimate of drug-likeness (QED) is 0.902. The summed E-state index contributed by atoms with van der Waals surface area (Å²) in [5.41, 5.74) is 0.528. The topological polar surface area (TPSA) is 42.4 Å². The summed E-state index contributed by atoms with van der Waals surface area (Å²) in [6, 6.07) is 1.87. The maximum Gasteiger partial charge on any atom is 0.0943 e. The smallest absolute Gasteiger partial charge is 0.0943 e. The van der Waals surface area contributed by atoms with Crippen molar-refractivity contribution in [3.8, 4) is 0 Å². The van der Waals surface area contributed by atoms with Crippen molar-refractivity contribution >= 4 is 11.6 Å². The van der Waals surface area contributed by atoms with Crippen LogP contribution in [-0.4, -0.2) is 28.4 Å². The van der Waals surface area contributed by atoms with E-state index in [1.165, 1.54) is 0 Å². The van der Waals surface area contributed by atoms with Gasteiger partial charge in [0.25, 0.3) is 0 Å². The fourth-order valence-corrected chi connectivity index (χ4v) is 3.27. The van der Waals surface area contributed by atoms with Crippen LogP contribution >= 0.6 is 11.6 Å². The zero-order valence-corrected chi connectivity index (χ0v) is 13.1. The van der Waals surface area contributed by atoms with E-state index in [9.17, 15) is 5.11 Å². The molecule has 1 atom stereocenters. The van der Waals surface area contributed by atoms with Crippen LogP contribution in [0.4, 0.5) is 0 Å². The highest BCUT2D eigenvalue weighted by atomic mass is 35.5. The van der Waals surface area contributed by atoms with E-state index in [1.807, 2.05) is 13.0 Å². The fourth-order valence-electron chi connectivity index (χ4n) is 3.08. The lowest BCUT2D eigenvalue weighted by atomic mass is 9.75. The SMILES string of the molecule is CCOC1(C(O)Cc2ccncc2Cl)CCC(C)CC1. The summed E-state index contributed by atoms with van der Waals surface area (Å²) >= 11 is 6.14. The van der Waals surface area contributed by atoms with Crippen LogP contribution in [0.25, 0.3) is 0 Å². The number of nitrogens with zero attached hydrogens (tertiary/aromatic N) is 1. The predicted octanol–water partition coefficient (Wildman–Crippen LogP) is 3.62. The molecular weight excluding hydrogens is 274 g/mol. The Kier molecular flexibility index (Phi) is 5.42. The molecule has 3 nitrogen and oxygen atoms in total. The van der Waals surface area contributed by atoms with Gasteiger partial charge in [0.2, 0.25) is 0 Å². The Morgan fingerprint density at radius 1 is 1.50 bits per heavy atom. The van der Waals surface area contributed by atoms with Gasteiger partial charge >= 0.3 is 0 Å². The van der Waals surface area contributed by atoms with Crippen LogP contribution in [0, 0.1) is 5.92 Å². The van der Waals surface area contributed by atoms with Crippen molar-refractivity contribution in [1.82, 2.24) is 4.98 Å². The van der Waals surface area contributed by atoms with Gasteiger partial charge in [0, 0.05) is 25.4 Å². The number of hydrogen-bond acceptors (Lipinski definition) is 3. The molecule has 0 aliphatic heterocycles. The van der Waals surface area contributed by atoms with E-state index in [4.69, 9.17) is 16.3 Å². The van der Waals surface area contributed by atoms with Crippen molar-refractivity contribution < 1.29 is 9.84 Å². The molecule has 1 aliphatic carbocycles. The van der Waals surface area contributed by atoms with Gasteiger partial charge in [0.05, 0.1) is 16.7 Å². The minimum absolute atomic E-state index is 0.409. The molecule has 112 valence electrons. The largest absolute Gasteiger partial charge is 0.390 e. The highest BCUT2D eigenvalue weighted by molar-refractivity contribution is 6.31. The highest BCUT2D eigenvalue weighted by Gasteiger charge is 2.41. The number of pyridine rings is 1. The summed E-state index contributed by atoms with van der Waals surface area (Å²) in [4.78, 5) is 3.98. The molecule has 1 N–H and O–H groups in total. The summed E-state index contributed by atoms with van der Waals surface area (Å²) in [6.45, 7) is 4.89. The van der Waals surface area contributed by atoms with E-state index < -0.39 is 11.7 Å². The molecule has 1 aromatic rings. The fraction of sp³-hybridized carbons (Fsp3) is 0.688. The molecule has 4 heteroatoms. The first-order valence-corrected chi connectivity index (χ1v) is 7.85. The third-order valence-corrected chi connectivity index (χ3v) is 4.77. The molecule has 2 rings (SSSR count). The van der Waals surface area contributed by atoms with Crippen molar-refractivity contribution in [3.05, 3.63) is 29.0 Å². The van der Waals surface area contributed by atoms with Crippen LogP contribution in [0.3, 0.4) is 0 Å². The first-order valence-electron chi connectivity index (χ1n) is 7.48. The lowest BCUT2D eigenvalue weighted by molar-refractivity contribution is -0.143. The van der Waals surface area contributed by atoms with Crippen molar-refractivity contribution in [1.29, 1.82) is 0 Å². The second kappa shape index (κ2) is 6.88. The van der Waals surface area contributed by atoms with Gasteiger partial charge < -0.3 is 9.84 Å². The summed E-state index contributed by atoms with van der Waals surface area (Å²) in [5.74, 6) is 0.722. The maximum atomic E-state index is 10.7. The molecule has 1 heterocycles. The number of ether oxygens (including phenoxy) is 1. The van der Waals surface area contributed by atoms with Gasteiger partial charge in [-0.05, 0) is 50.2 Å². The van der Waals surface area contributed by atoms with Gasteiger partial charge in [-0.2, -0.15) is 0 Å². The van der Waals surface area contributed by atoms with Gasteiger partial charge in [0.15, 0.2) is 0 Å². The molecule has 0 spiro atoms. The molecule has 1 saturated carbocycles. The Hall–Kier alpha value is -0.640. The van der Waals surface area contributed by atoms with E-state index in [2.05, 4.69) is 11.9 Å². The number of aromatic nitrogens is 1. The molecule has 0 aromatic carbocycles. The normalized spacial score (nSPS) is 28.3. The number of aliphatic hydroxyl groups is 1. The number of aliphatic hydroxyl groups excluding tert-OH is 1. The molecule has 0 amide bonds. The Balaban J connectivity index is 2.11. The Morgan fingerprint density at radius 3 is 2.80 bits per heavy atom. The highest BCUT2D eigenvalue weighted by Crippen LogP contribution is 2.38. The van der Waals surface area contributed by atoms with Gasteiger partial charge in [-0.25, -0.2) is 0 Å². The van der Waals surface area contributed by atoms with Crippen LogP contribution in [0.5, 0.6) is 0 Å². The predicted molar refractivity (Wildman–Crippen MR) is 80.9 cm³/mol. The number of halogens is 1. The maximum absolute atomic E-state index is 10.7. The van der Waals surface area contributed by atoms with E-state index in [-0.39, 0.29) is 0 Å². The lowest BCUT2D eigenvalue weighted by Crippen LogP contribution is -2.48. The van der Waals surface area contributed by atoms with Crippen LogP contribution in [0.1, 0.15) is 45.1 Å². The van der Waals surface area contributed by atoms with Crippen molar-refractivity contribution in [2.24, 2.45) is 5.92 Å². The molecule has 20 heavy (non-hydrogen) atoms. The molecular formula is C16H24ClNO2. The molecule has 1 fully saturated rings. The molecule has 0 radical (unpaired) electrons. The van der Waals surface area contributed by atoms with Crippen molar-refractivity contribution in [2.45, 2.75) is 57.7 Å². The van der Waals surface area contributed by atoms with E-state index >= 15 is 0 Å². The summed E-state index contributed by atoms with van der Waals surface area (Å²) in [7, 11) is 0. The summed E-state index contributed by atoms with van der Waals surface area (Å²) in [6.07, 6.45) is 7.41. The summed E-state index contributed by atoms with van der Waals surface area (Å²) < 4.78 is 5.98. The molecule has 1 unspecified atom stereocenters. The third-order valence-electron chi connectivity index (χ3n) is 4.43. The van der Waals surface area contributed by atoms with Gasteiger partial charge in [0.1, 0.15) is 0 Å². The lowest BCUT2D eigenvalue weighted by Gasteiger charge is -2.42. The van der Waals surface area contributed by atoms with Gasteiger partial charge in [-0.1, -0.05) is 18.5 Å². The first-order chi connectivity index (χ1) is 9.57. The zero-order valence-electron chi connectivity index (χ0n) is 12.3. The number of hydrogen-bond donors (Lipinski definition) is 1. The first kappa shape index (κ1) is 15.7. The van der Waals surface area contributed by atoms with Crippen molar-refractivity contribution in [2.75, 3.05) is 6.61 Å². The van der Waals surface area contributed by atoms with Gasteiger partial charge in [-0.3, -0.25) is 4.98 Å². The Labute approximate surface area is 126 Å². The third kappa shape index (κ3) is 3.51. The number of rotatable bonds is 5. The standard InChI is InChI=1S/C16H24ClNO2/c1-3-20-16(7-4-12(2)5-8-16)15(19)10-13-6-9-18-11-14(13)17/h6,9,11-12,15,19H,3-5,7-8,10H2,1-2H3. The van der Waals surface area contributed by atoms with Gasteiger partial charge in [-0.15, -0.1) is 0 Å². The van der Waals surface area contributed by atoms with Crippen LogP contribution < -0.4 is 0 Å². The van der Waals surface area contributed by atoms with Crippen LogP contribution in [0.15, 0.2) is 18.5 Å². The van der Waals surface area contributed by atoms with E-state index in [1.54, 1.807) is 12.4 Å². The minimum Gasteiger partial charge on any atom is -0.390 e. The molecule has 0 saturated heterocycles. The molecule has 1 aliphatic rings. The second-order valence-electron chi connectivity index (χ2n) is 5.87. The second-order valence-corrected chi connectivity index (χ2v) is 6.27. The average Bonchev–Trinajstić information content (AvgIpc) is 2.44. The minimum atomic E-state index is -0.519. The van der Waals surface area contributed by atoms with Crippen molar-refractivity contribution in [3.63, 3.8) is 0 Å². The van der Waals surface area contributed by atoms with E-state index in [0.29, 0.717) is 18.1 Å². The average molecular weight is 298 g/mol. The van der Waals surface area contributed by atoms with E-state index in [0.717, 1.165) is 37.2 Å². The summed E-state index contributed by atoms with van der Waals surface area (Å²) in [5, 5.41) is 11.3. The van der Waals surface area contributed by atoms with Crippen LogP contribution in [0.2, 0.25) is 5.02 Å². The monoisotopic (exact) mass is 297 g/mol. The Morgan fingerprint density at radius 2 is 2.20 bits per heavy atom. The molecule has 1 aromatic heterocycles. The Bertz CT molecular complexity index is 430. The zero-order chi connectivity index (χ0) is 14.6. The van der Waals surface area contributed by atoms with Crippen LogP contribution in [-0.2, 0) is 11.2 Å².